The van der Waals surface area contributed by atoms with Crippen LogP contribution in [-0.4, -0.2) is 133 Å². The van der Waals surface area contributed by atoms with E-state index in [1.807, 2.05) is 41.3 Å². The zero-order chi connectivity index (χ0) is 53.8. The summed E-state index contributed by atoms with van der Waals surface area (Å²) in [6, 6.07) is 29.2. The highest BCUT2D eigenvalue weighted by Gasteiger charge is 2.50. The Labute approximate surface area is 438 Å². The number of hydrogen-bond acceptors (Lipinski definition) is 15. The lowest BCUT2D eigenvalue weighted by molar-refractivity contribution is -0.137. The van der Waals surface area contributed by atoms with E-state index >= 15 is 0 Å². The quantitative estimate of drug-likeness (QED) is 0.0229. The van der Waals surface area contributed by atoms with Gasteiger partial charge < -0.3 is 44.3 Å². The Balaban J connectivity index is 0.710. The minimum atomic E-state index is -4.80. The maximum atomic E-state index is 13.7. The van der Waals surface area contributed by atoms with Gasteiger partial charge in [-0.25, -0.2) is 8.42 Å². The van der Waals surface area contributed by atoms with Crippen molar-refractivity contribution >= 4 is 61.9 Å². The normalized spacial score (nSPS) is 15.1. The third-order valence-electron chi connectivity index (χ3n) is 12.3. The fraction of sp³-hybridized carbons (Fsp3) is 0.346. The summed E-state index contributed by atoms with van der Waals surface area (Å²) < 4.78 is 95.6. The molecule has 398 valence electrons. The molecule has 0 atom stereocenters. The van der Waals surface area contributed by atoms with Gasteiger partial charge in [0.25, 0.3) is 21.8 Å². The van der Waals surface area contributed by atoms with Crippen molar-refractivity contribution in [2.45, 2.75) is 30.5 Å². The Morgan fingerprint density at radius 2 is 1.33 bits per heavy atom. The molecule has 0 unspecified atom stereocenters. The van der Waals surface area contributed by atoms with E-state index in [0.717, 1.165) is 47.8 Å². The summed E-state index contributed by atoms with van der Waals surface area (Å²) in [5.41, 5.74) is 8.99. The number of phenols is 1. The van der Waals surface area contributed by atoms with E-state index in [-0.39, 0.29) is 27.0 Å². The summed E-state index contributed by atoms with van der Waals surface area (Å²) in [4.78, 5) is 35.0. The molecule has 7 rings (SSSR count). The maximum Gasteiger partial charge on any atom is 0.417 e. The number of nitrogens with zero attached hydrogens (tertiary/aromatic N) is 5. The molecule has 5 aromatic carbocycles. The van der Waals surface area contributed by atoms with Crippen LogP contribution in [0.3, 0.4) is 0 Å². The maximum absolute atomic E-state index is 13.7. The third kappa shape index (κ3) is 14.3. The number of nitrogen functional groups attached to an aromatic ring is 1. The summed E-state index contributed by atoms with van der Waals surface area (Å²) >= 11 is 5.66. The Morgan fingerprint density at radius 1 is 0.773 bits per heavy atom. The summed E-state index contributed by atoms with van der Waals surface area (Å²) in [5.74, 6) is -0.551. The highest BCUT2D eigenvalue weighted by Crippen LogP contribution is 2.40. The number of hydrogen-bond donors (Lipinski definition) is 4. The molecular weight excluding hydrogens is 1020 g/mol. The van der Waals surface area contributed by atoms with Crippen LogP contribution in [0.25, 0.3) is 11.1 Å². The molecule has 2 saturated heterocycles. The summed E-state index contributed by atoms with van der Waals surface area (Å²) in [5, 5.41) is 18.7. The van der Waals surface area contributed by atoms with Crippen molar-refractivity contribution in [2.75, 3.05) is 113 Å². The number of aromatic hydroxyl groups is 1. The van der Waals surface area contributed by atoms with Crippen LogP contribution in [0.1, 0.15) is 35.3 Å². The molecular formula is C52H57F3N8O10S2. The van der Waals surface area contributed by atoms with Gasteiger partial charge in [-0.15, -0.1) is 4.83 Å². The van der Waals surface area contributed by atoms with Crippen molar-refractivity contribution in [1.82, 2.24) is 15.2 Å². The van der Waals surface area contributed by atoms with E-state index < -0.39 is 44.7 Å². The van der Waals surface area contributed by atoms with Gasteiger partial charge in [0.05, 0.1) is 92.0 Å². The summed E-state index contributed by atoms with van der Waals surface area (Å²) in [6.07, 6.45) is -4.80. The molecule has 0 aliphatic carbocycles. The fourth-order valence-electron chi connectivity index (χ4n) is 8.21. The number of amides is 2. The first-order valence-electron chi connectivity index (χ1n) is 23.8. The molecule has 0 bridgehead atoms. The van der Waals surface area contributed by atoms with Gasteiger partial charge in [-0.1, -0.05) is 24.3 Å². The average molecular weight is 1080 g/mol. The van der Waals surface area contributed by atoms with Crippen molar-refractivity contribution < 1.29 is 60.0 Å². The van der Waals surface area contributed by atoms with Gasteiger partial charge in [-0.3, -0.25) is 24.8 Å². The highest BCUT2D eigenvalue weighted by atomic mass is 32.2. The molecule has 2 aliphatic rings. The van der Waals surface area contributed by atoms with Gasteiger partial charge in [0.2, 0.25) is 0 Å². The van der Waals surface area contributed by atoms with Gasteiger partial charge in [0.1, 0.15) is 23.6 Å². The van der Waals surface area contributed by atoms with Crippen LogP contribution in [-0.2, 0) is 39.9 Å². The predicted molar refractivity (Wildman–Crippen MR) is 279 cm³/mol. The molecule has 2 fully saturated rings. The third-order valence-corrected chi connectivity index (χ3v) is 13.9. The zero-order valence-electron chi connectivity index (χ0n) is 41.2. The first kappa shape index (κ1) is 55.9. The molecule has 2 heterocycles. The number of nitrogens with two attached hydrogens (primary N) is 1. The number of benzene rings is 5. The lowest BCUT2D eigenvalue weighted by atomic mass is 10.0. The molecule has 75 heavy (non-hydrogen) atoms. The van der Waals surface area contributed by atoms with Gasteiger partial charge in [-0.2, -0.15) is 18.4 Å². The van der Waals surface area contributed by atoms with Gasteiger partial charge >= 0.3 is 6.18 Å². The molecule has 5 N–H and O–H groups in total. The molecule has 2 amide bonds. The smallest absolute Gasteiger partial charge is 0.417 e. The molecule has 0 radical (unpaired) electrons. The number of thiocarbonyl (C=S) groups is 1. The second kappa shape index (κ2) is 25.1. The zero-order valence-corrected chi connectivity index (χ0v) is 42.8. The largest absolute Gasteiger partial charge is 0.508 e. The number of carbonyl (C=O) groups is 2. The lowest BCUT2D eigenvalue weighted by Crippen LogP contribution is -2.47. The van der Waals surface area contributed by atoms with Crippen molar-refractivity contribution in [2.24, 2.45) is 0 Å². The minimum absolute atomic E-state index is 0.0147. The van der Waals surface area contributed by atoms with Crippen molar-refractivity contribution in [1.29, 1.82) is 5.26 Å². The van der Waals surface area contributed by atoms with Crippen LogP contribution < -0.4 is 35.4 Å². The van der Waals surface area contributed by atoms with E-state index in [4.69, 9.17) is 41.6 Å². The highest BCUT2D eigenvalue weighted by molar-refractivity contribution is 7.89. The average Bonchev–Trinajstić information content (AvgIpc) is 3.60. The summed E-state index contributed by atoms with van der Waals surface area (Å²) in [7, 11) is -4.11. The van der Waals surface area contributed by atoms with E-state index in [0.29, 0.717) is 95.4 Å². The van der Waals surface area contributed by atoms with Gasteiger partial charge in [0.15, 0.2) is 5.11 Å². The molecule has 2 aliphatic heterocycles. The standard InChI is InChI=1S/C52H57F3N8O10S2/c1-51(2)49(66)62(41-12-5-39(35-56)45(33-41)52(53,54)55)50(74)63(51)40-10-3-36(4-11-40)37-8-15-43(16-9-37)73-32-31-72-30-29-71-28-27-70-26-25-69-24-23-60-19-21-61(22-20-60)47-34-44(17-18-46(47)57)75(67,68)59-58-48(65)38-6-13-42(64)14-7-38/h3-18,33-34,59,64H,19-32,57H2,1-2H3,(H,58,65). The Bertz CT molecular complexity index is 2940. The van der Waals surface area contributed by atoms with Gasteiger partial charge in [-0.05, 0) is 122 Å². The van der Waals surface area contributed by atoms with Crippen LogP contribution in [0, 0.1) is 11.3 Å². The molecule has 0 spiro atoms. The number of hydrazine groups is 1. The number of nitriles is 1. The second-order valence-corrected chi connectivity index (χ2v) is 19.7. The molecule has 5 aromatic rings. The van der Waals surface area contributed by atoms with E-state index in [1.54, 1.807) is 36.9 Å². The monoisotopic (exact) mass is 1070 g/mol. The Kier molecular flexibility index (Phi) is 18.7. The van der Waals surface area contributed by atoms with Crippen LogP contribution in [0.2, 0.25) is 0 Å². The molecule has 23 heteroatoms. The Morgan fingerprint density at radius 3 is 1.92 bits per heavy atom. The Hall–Kier alpha value is -6.88. The number of sulfonamides is 1. The van der Waals surface area contributed by atoms with E-state index in [2.05, 4.69) is 15.2 Å². The number of rotatable bonds is 24. The predicted octanol–water partition coefficient (Wildman–Crippen LogP) is 6.34. The number of nitrogens with one attached hydrogen (secondary N) is 2. The number of carbonyl (C=O) groups excluding carboxylic acids is 2. The SMILES string of the molecule is CC1(C)C(=O)N(c2ccc(C#N)c(C(F)(F)F)c2)C(=S)N1c1ccc(-c2ccc(OCCOCCOCCOCCOCCN3CCN(c4cc(S(=O)(=O)NNC(=O)c5ccc(O)cc5)ccc4N)CC3)cc2)cc1. The summed E-state index contributed by atoms with van der Waals surface area (Å²) in [6.45, 7) is 10.4. The van der Waals surface area contributed by atoms with Crippen molar-refractivity contribution in [3.8, 4) is 28.7 Å². The van der Waals surface area contributed by atoms with Crippen molar-refractivity contribution in [3.63, 3.8) is 0 Å². The second-order valence-electron chi connectivity index (χ2n) is 17.7. The molecule has 0 aromatic heterocycles. The number of anilines is 4. The first-order chi connectivity index (χ1) is 35.9. The first-order valence-corrected chi connectivity index (χ1v) is 25.7. The van der Waals surface area contributed by atoms with Crippen molar-refractivity contribution in [3.05, 3.63) is 126 Å². The van der Waals surface area contributed by atoms with Crippen LogP contribution >= 0.6 is 12.2 Å². The van der Waals surface area contributed by atoms with E-state index in [1.165, 1.54) is 48.5 Å². The number of alkyl halides is 3. The number of piperazine rings is 1. The topological polar surface area (TPSA) is 221 Å². The number of halogens is 3. The molecule has 0 saturated carbocycles. The fourth-order valence-corrected chi connectivity index (χ4v) is 9.60. The number of phenolic OH excluding ortho intramolecular Hbond substituents is 1. The van der Waals surface area contributed by atoms with Gasteiger partial charge in [0, 0.05) is 44.0 Å². The number of ether oxygens (including phenoxy) is 5. The van der Waals surface area contributed by atoms with Crippen LogP contribution in [0.5, 0.6) is 11.5 Å². The lowest BCUT2D eigenvalue weighted by Gasteiger charge is -2.36. The molecule has 18 nitrogen and oxygen atoms in total. The van der Waals surface area contributed by atoms with E-state index in [9.17, 15) is 41.5 Å². The minimum Gasteiger partial charge on any atom is -0.508 e. The van der Waals surface area contributed by atoms with Crippen LogP contribution in [0.15, 0.2) is 114 Å². The van der Waals surface area contributed by atoms with Crippen LogP contribution in [0.4, 0.5) is 35.9 Å².